The fourth-order valence-electron chi connectivity index (χ4n) is 2.28. The number of benzene rings is 1. The maximum absolute atomic E-state index is 10.5. The van der Waals surface area contributed by atoms with Gasteiger partial charge in [-0.3, -0.25) is 0 Å². The first-order valence-electron chi connectivity index (χ1n) is 6.21. The van der Waals surface area contributed by atoms with Gasteiger partial charge in [-0.1, -0.05) is 6.07 Å². The van der Waals surface area contributed by atoms with E-state index in [1.54, 1.807) is 14.2 Å². The molecule has 0 saturated carbocycles. The lowest BCUT2D eigenvalue weighted by molar-refractivity contribution is -0.0222. The van der Waals surface area contributed by atoms with Gasteiger partial charge in [-0.15, -0.1) is 0 Å². The highest BCUT2D eigenvalue weighted by Gasteiger charge is 2.36. The lowest BCUT2D eigenvalue weighted by atomic mass is 9.80. The molecule has 0 aliphatic carbocycles. The molecule has 2 N–H and O–H groups in total. The normalized spacial score (nSPS) is 18.9. The highest BCUT2D eigenvalue weighted by molar-refractivity contribution is 5.43. The standard InChI is InChI=1S/C14H21NO3/c1-14(16,11-8-15-9-11)7-10-4-5-12(17-2)13(6-10)18-3/h4-6,11,15-16H,7-9H2,1-3H3. The van der Waals surface area contributed by atoms with Gasteiger partial charge in [0.15, 0.2) is 11.5 Å². The predicted molar refractivity (Wildman–Crippen MR) is 70.2 cm³/mol. The van der Waals surface area contributed by atoms with Gasteiger partial charge in [0.2, 0.25) is 0 Å². The van der Waals surface area contributed by atoms with Crippen LogP contribution in [0.25, 0.3) is 0 Å². The molecule has 1 saturated heterocycles. The van der Waals surface area contributed by atoms with E-state index in [-0.39, 0.29) is 0 Å². The van der Waals surface area contributed by atoms with Crippen LogP contribution in [0.15, 0.2) is 18.2 Å². The molecule has 4 heteroatoms. The van der Waals surface area contributed by atoms with E-state index in [0.717, 1.165) is 18.7 Å². The monoisotopic (exact) mass is 251 g/mol. The van der Waals surface area contributed by atoms with Crippen molar-refractivity contribution in [2.24, 2.45) is 5.92 Å². The van der Waals surface area contributed by atoms with E-state index in [4.69, 9.17) is 9.47 Å². The van der Waals surface area contributed by atoms with Crippen LogP contribution in [0.2, 0.25) is 0 Å². The molecule has 2 rings (SSSR count). The molecule has 1 atom stereocenters. The minimum atomic E-state index is -0.676. The van der Waals surface area contributed by atoms with Crippen LogP contribution in [-0.2, 0) is 6.42 Å². The van der Waals surface area contributed by atoms with Crippen LogP contribution in [0.4, 0.5) is 0 Å². The molecular weight excluding hydrogens is 230 g/mol. The number of nitrogens with one attached hydrogen (secondary N) is 1. The van der Waals surface area contributed by atoms with Gasteiger partial charge < -0.3 is 19.9 Å². The lowest BCUT2D eigenvalue weighted by Crippen LogP contribution is -2.55. The minimum absolute atomic E-state index is 0.325. The second kappa shape index (κ2) is 5.16. The number of aliphatic hydroxyl groups is 1. The van der Waals surface area contributed by atoms with E-state index in [2.05, 4.69) is 5.32 Å². The van der Waals surface area contributed by atoms with Gasteiger partial charge >= 0.3 is 0 Å². The molecule has 0 radical (unpaired) electrons. The Kier molecular flexibility index (Phi) is 3.78. The number of rotatable bonds is 5. The number of hydrogen-bond donors (Lipinski definition) is 2. The van der Waals surface area contributed by atoms with Crippen molar-refractivity contribution in [3.63, 3.8) is 0 Å². The third-order valence-corrected chi connectivity index (χ3v) is 3.67. The van der Waals surface area contributed by atoms with Crippen LogP contribution in [0.3, 0.4) is 0 Å². The Morgan fingerprint density at radius 2 is 1.94 bits per heavy atom. The summed E-state index contributed by atoms with van der Waals surface area (Å²) < 4.78 is 10.5. The largest absolute Gasteiger partial charge is 0.493 e. The number of methoxy groups -OCH3 is 2. The van der Waals surface area contributed by atoms with Gasteiger partial charge in [0.1, 0.15) is 0 Å². The Balaban J connectivity index is 2.13. The topological polar surface area (TPSA) is 50.7 Å². The Morgan fingerprint density at radius 1 is 1.28 bits per heavy atom. The van der Waals surface area contributed by atoms with E-state index in [1.165, 1.54) is 0 Å². The van der Waals surface area contributed by atoms with Gasteiger partial charge in [0, 0.05) is 25.4 Å². The fourth-order valence-corrected chi connectivity index (χ4v) is 2.28. The molecule has 1 aliphatic rings. The van der Waals surface area contributed by atoms with Crippen molar-refractivity contribution in [3.8, 4) is 11.5 Å². The van der Waals surface area contributed by atoms with Crippen molar-refractivity contribution < 1.29 is 14.6 Å². The third-order valence-electron chi connectivity index (χ3n) is 3.67. The van der Waals surface area contributed by atoms with Crippen LogP contribution >= 0.6 is 0 Å². The van der Waals surface area contributed by atoms with Crippen molar-refractivity contribution in [3.05, 3.63) is 23.8 Å². The van der Waals surface area contributed by atoms with E-state index in [9.17, 15) is 5.11 Å². The molecular formula is C14H21NO3. The molecule has 0 aromatic heterocycles. The van der Waals surface area contributed by atoms with Gasteiger partial charge in [0.05, 0.1) is 19.8 Å². The second-order valence-electron chi connectivity index (χ2n) is 5.08. The van der Waals surface area contributed by atoms with E-state index in [0.29, 0.717) is 23.8 Å². The summed E-state index contributed by atoms with van der Waals surface area (Å²) in [5, 5.41) is 13.7. The van der Waals surface area contributed by atoms with E-state index >= 15 is 0 Å². The first kappa shape index (κ1) is 13.2. The maximum Gasteiger partial charge on any atom is 0.160 e. The van der Waals surface area contributed by atoms with Crippen LogP contribution < -0.4 is 14.8 Å². The number of ether oxygens (including phenoxy) is 2. The van der Waals surface area contributed by atoms with Crippen molar-refractivity contribution in [2.45, 2.75) is 18.9 Å². The van der Waals surface area contributed by atoms with Crippen LogP contribution in [0.5, 0.6) is 11.5 Å². The summed E-state index contributed by atoms with van der Waals surface area (Å²) in [4.78, 5) is 0. The van der Waals surface area contributed by atoms with Crippen molar-refractivity contribution >= 4 is 0 Å². The molecule has 0 spiro atoms. The molecule has 100 valence electrons. The zero-order valence-electron chi connectivity index (χ0n) is 11.2. The molecule has 1 aromatic rings. The molecule has 0 bridgehead atoms. The zero-order chi connectivity index (χ0) is 13.2. The van der Waals surface area contributed by atoms with Gasteiger partial charge in [-0.2, -0.15) is 0 Å². The molecule has 1 fully saturated rings. The molecule has 1 aliphatic heterocycles. The Labute approximate surface area is 108 Å². The van der Waals surface area contributed by atoms with Crippen molar-refractivity contribution in [2.75, 3.05) is 27.3 Å². The first-order valence-corrected chi connectivity index (χ1v) is 6.21. The Hall–Kier alpha value is -1.26. The SMILES string of the molecule is COc1ccc(CC(C)(O)C2CNC2)cc1OC. The average Bonchev–Trinajstić information content (AvgIpc) is 2.25. The highest BCUT2D eigenvalue weighted by atomic mass is 16.5. The summed E-state index contributed by atoms with van der Waals surface area (Å²) in [7, 11) is 3.24. The summed E-state index contributed by atoms with van der Waals surface area (Å²) in [6.07, 6.45) is 0.625. The summed E-state index contributed by atoms with van der Waals surface area (Å²) in [6.45, 7) is 3.68. The molecule has 0 amide bonds. The summed E-state index contributed by atoms with van der Waals surface area (Å²) in [6, 6.07) is 5.78. The van der Waals surface area contributed by atoms with Crippen molar-refractivity contribution in [1.29, 1.82) is 0 Å². The van der Waals surface area contributed by atoms with Gasteiger partial charge in [-0.05, 0) is 24.6 Å². The molecule has 18 heavy (non-hydrogen) atoms. The smallest absolute Gasteiger partial charge is 0.160 e. The first-order chi connectivity index (χ1) is 8.56. The van der Waals surface area contributed by atoms with Gasteiger partial charge in [0.25, 0.3) is 0 Å². The molecule has 4 nitrogen and oxygen atoms in total. The molecule has 1 unspecified atom stereocenters. The predicted octanol–water partition coefficient (Wildman–Crippen LogP) is 1.22. The Morgan fingerprint density at radius 3 is 2.44 bits per heavy atom. The third kappa shape index (κ3) is 2.60. The van der Waals surface area contributed by atoms with Crippen LogP contribution in [0.1, 0.15) is 12.5 Å². The molecule has 1 aromatic carbocycles. The zero-order valence-corrected chi connectivity index (χ0v) is 11.2. The van der Waals surface area contributed by atoms with E-state index < -0.39 is 5.60 Å². The van der Waals surface area contributed by atoms with Crippen LogP contribution in [-0.4, -0.2) is 38.0 Å². The summed E-state index contributed by atoms with van der Waals surface area (Å²) in [5.74, 6) is 1.74. The summed E-state index contributed by atoms with van der Waals surface area (Å²) in [5.41, 5.74) is 0.384. The van der Waals surface area contributed by atoms with E-state index in [1.807, 2.05) is 25.1 Å². The van der Waals surface area contributed by atoms with Gasteiger partial charge in [-0.25, -0.2) is 0 Å². The maximum atomic E-state index is 10.5. The number of hydrogen-bond acceptors (Lipinski definition) is 4. The lowest BCUT2D eigenvalue weighted by Gasteiger charge is -2.39. The minimum Gasteiger partial charge on any atom is -0.493 e. The average molecular weight is 251 g/mol. The highest BCUT2D eigenvalue weighted by Crippen LogP contribution is 2.31. The van der Waals surface area contributed by atoms with Crippen LogP contribution in [0, 0.1) is 5.92 Å². The Bertz CT molecular complexity index is 414. The molecule has 1 heterocycles. The summed E-state index contributed by atoms with van der Waals surface area (Å²) >= 11 is 0. The van der Waals surface area contributed by atoms with Crippen molar-refractivity contribution in [1.82, 2.24) is 5.32 Å². The fraction of sp³-hybridized carbons (Fsp3) is 0.571. The quantitative estimate of drug-likeness (QED) is 0.826. The second-order valence-corrected chi connectivity index (χ2v) is 5.08.